The molecule has 0 spiro atoms. The molecule has 1 aliphatic carbocycles. The van der Waals surface area contributed by atoms with Gasteiger partial charge in [-0.25, -0.2) is 0 Å². The minimum Gasteiger partial charge on any atom is -0.481 e. The molecular weight excluding hydrogens is 258 g/mol. The standard InChI is InChI=1S/C15H27NO4/c1-5-16(6-2)10-15(14(18)19)8-7-13(17)11(3)12(15)9-20-4/h11-12H,5-10H2,1-4H3,(H,18,19)/t11?,12-,15+/m0/s1. The van der Waals surface area contributed by atoms with E-state index in [9.17, 15) is 14.7 Å². The lowest BCUT2D eigenvalue weighted by Crippen LogP contribution is -2.55. The van der Waals surface area contributed by atoms with E-state index in [0.717, 1.165) is 13.1 Å². The van der Waals surface area contributed by atoms with Gasteiger partial charge in [0.25, 0.3) is 0 Å². The van der Waals surface area contributed by atoms with Gasteiger partial charge in [0.2, 0.25) is 0 Å². The summed E-state index contributed by atoms with van der Waals surface area (Å²) in [7, 11) is 1.57. The number of carboxylic acids is 1. The average Bonchev–Trinajstić information content (AvgIpc) is 2.43. The molecule has 0 amide bonds. The average molecular weight is 285 g/mol. The maximum Gasteiger partial charge on any atom is 0.311 e. The van der Waals surface area contributed by atoms with Gasteiger partial charge in [-0.05, 0) is 19.5 Å². The van der Waals surface area contributed by atoms with Crippen molar-refractivity contribution in [1.82, 2.24) is 4.90 Å². The third-order valence-electron chi connectivity index (χ3n) is 4.81. The highest BCUT2D eigenvalue weighted by molar-refractivity contribution is 5.86. The van der Waals surface area contributed by atoms with E-state index in [1.54, 1.807) is 7.11 Å². The van der Waals surface area contributed by atoms with Crippen LogP contribution in [-0.2, 0) is 14.3 Å². The monoisotopic (exact) mass is 285 g/mol. The molecule has 3 atom stereocenters. The number of carboxylic acid groups (broad SMARTS) is 1. The summed E-state index contributed by atoms with van der Waals surface area (Å²) in [4.78, 5) is 26.1. The second kappa shape index (κ2) is 7.18. The molecule has 0 bridgehead atoms. The Morgan fingerprint density at radius 1 is 1.45 bits per heavy atom. The number of Topliss-reactive ketones (excluding diaryl/α,β-unsaturated/α-hetero) is 1. The number of carbonyl (C=O) groups excluding carboxylic acids is 1. The summed E-state index contributed by atoms with van der Waals surface area (Å²) in [6.07, 6.45) is 0.769. The van der Waals surface area contributed by atoms with Gasteiger partial charge in [-0.2, -0.15) is 0 Å². The van der Waals surface area contributed by atoms with Crippen molar-refractivity contribution in [1.29, 1.82) is 0 Å². The van der Waals surface area contributed by atoms with E-state index in [0.29, 0.717) is 26.0 Å². The van der Waals surface area contributed by atoms with Crippen LogP contribution in [0.3, 0.4) is 0 Å². The second-order valence-electron chi connectivity index (χ2n) is 5.74. The fourth-order valence-electron chi connectivity index (χ4n) is 3.32. The Bertz CT molecular complexity index is 354. The van der Waals surface area contributed by atoms with Crippen LogP contribution in [0, 0.1) is 17.3 Å². The molecule has 0 saturated heterocycles. The van der Waals surface area contributed by atoms with Crippen molar-refractivity contribution in [3.63, 3.8) is 0 Å². The summed E-state index contributed by atoms with van der Waals surface area (Å²) in [6, 6.07) is 0. The SMILES string of the molecule is CCN(CC)C[C@]1(C(=O)O)CCC(=O)C(C)[C@@H]1COC. The molecule has 0 aliphatic heterocycles. The van der Waals surface area contributed by atoms with Crippen molar-refractivity contribution in [2.45, 2.75) is 33.6 Å². The number of methoxy groups -OCH3 is 1. The van der Waals surface area contributed by atoms with Crippen LogP contribution >= 0.6 is 0 Å². The van der Waals surface area contributed by atoms with Crippen molar-refractivity contribution < 1.29 is 19.4 Å². The van der Waals surface area contributed by atoms with Crippen molar-refractivity contribution in [2.24, 2.45) is 17.3 Å². The van der Waals surface area contributed by atoms with Crippen LogP contribution in [0.1, 0.15) is 33.6 Å². The summed E-state index contributed by atoms with van der Waals surface area (Å²) in [5.41, 5.74) is -0.880. The number of hydrogen-bond acceptors (Lipinski definition) is 4. The number of ether oxygens (including phenoxy) is 1. The lowest BCUT2D eigenvalue weighted by molar-refractivity contribution is -0.164. The van der Waals surface area contributed by atoms with Gasteiger partial charge in [0.05, 0.1) is 12.0 Å². The topological polar surface area (TPSA) is 66.8 Å². The molecule has 5 nitrogen and oxygen atoms in total. The van der Waals surface area contributed by atoms with E-state index in [-0.39, 0.29) is 17.6 Å². The number of carbonyl (C=O) groups is 2. The van der Waals surface area contributed by atoms with E-state index in [1.165, 1.54) is 0 Å². The van der Waals surface area contributed by atoms with Crippen molar-refractivity contribution in [3.05, 3.63) is 0 Å². The Morgan fingerprint density at radius 2 is 2.05 bits per heavy atom. The number of ketones is 1. The van der Waals surface area contributed by atoms with Gasteiger partial charge in [0.15, 0.2) is 0 Å². The van der Waals surface area contributed by atoms with E-state index in [2.05, 4.69) is 4.90 Å². The quantitative estimate of drug-likeness (QED) is 0.770. The Morgan fingerprint density at radius 3 is 2.50 bits per heavy atom. The van der Waals surface area contributed by atoms with E-state index >= 15 is 0 Å². The highest BCUT2D eigenvalue weighted by atomic mass is 16.5. The maximum atomic E-state index is 12.0. The number of hydrogen-bond donors (Lipinski definition) is 1. The maximum absolute atomic E-state index is 12.0. The highest BCUT2D eigenvalue weighted by Gasteiger charge is 2.53. The van der Waals surface area contributed by atoms with Crippen molar-refractivity contribution in [2.75, 3.05) is 33.4 Å². The Balaban J connectivity index is 3.11. The molecule has 5 heteroatoms. The number of aliphatic carboxylic acids is 1. The van der Waals surface area contributed by atoms with E-state index in [1.807, 2.05) is 20.8 Å². The smallest absolute Gasteiger partial charge is 0.311 e. The first-order valence-corrected chi connectivity index (χ1v) is 7.40. The molecular formula is C15H27NO4. The lowest BCUT2D eigenvalue weighted by Gasteiger charge is -2.45. The van der Waals surface area contributed by atoms with Gasteiger partial charge in [-0.3, -0.25) is 9.59 Å². The Hall–Kier alpha value is -0.940. The molecule has 0 heterocycles. The Labute approximate surface area is 121 Å². The molecule has 1 aliphatic rings. The number of rotatable bonds is 7. The van der Waals surface area contributed by atoms with Gasteiger partial charge in [-0.1, -0.05) is 20.8 Å². The van der Waals surface area contributed by atoms with Crippen LogP contribution in [-0.4, -0.2) is 55.1 Å². The summed E-state index contributed by atoms with van der Waals surface area (Å²) in [5, 5.41) is 9.84. The summed E-state index contributed by atoms with van der Waals surface area (Å²) >= 11 is 0. The van der Waals surface area contributed by atoms with E-state index < -0.39 is 11.4 Å². The lowest BCUT2D eigenvalue weighted by atomic mass is 9.61. The summed E-state index contributed by atoms with van der Waals surface area (Å²) in [6.45, 7) is 8.33. The van der Waals surface area contributed by atoms with Crippen LogP contribution in [0.15, 0.2) is 0 Å². The zero-order valence-corrected chi connectivity index (χ0v) is 13.0. The molecule has 20 heavy (non-hydrogen) atoms. The Kier molecular flexibility index (Phi) is 6.14. The van der Waals surface area contributed by atoms with E-state index in [4.69, 9.17) is 4.74 Å². The molecule has 1 saturated carbocycles. The fraction of sp³-hybridized carbons (Fsp3) is 0.867. The molecule has 1 fully saturated rings. The molecule has 1 unspecified atom stereocenters. The summed E-state index contributed by atoms with van der Waals surface area (Å²) < 4.78 is 5.22. The first-order valence-electron chi connectivity index (χ1n) is 7.40. The first-order chi connectivity index (χ1) is 9.42. The summed E-state index contributed by atoms with van der Waals surface area (Å²) in [5.74, 6) is -1.16. The third kappa shape index (κ3) is 3.20. The van der Waals surface area contributed by atoms with Crippen LogP contribution in [0.2, 0.25) is 0 Å². The zero-order chi connectivity index (χ0) is 15.3. The predicted molar refractivity (Wildman–Crippen MR) is 76.6 cm³/mol. The second-order valence-corrected chi connectivity index (χ2v) is 5.74. The van der Waals surface area contributed by atoms with Gasteiger partial charge in [0.1, 0.15) is 5.78 Å². The molecule has 0 aromatic heterocycles. The number of nitrogens with zero attached hydrogens (tertiary/aromatic N) is 1. The minimum atomic E-state index is -0.880. The van der Waals surface area contributed by atoms with Gasteiger partial charge < -0.3 is 14.7 Å². The fourth-order valence-corrected chi connectivity index (χ4v) is 3.32. The normalized spacial score (nSPS) is 30.8. The minimum absolute atomic E-state index is 0.156. The first kappa shape index (κ1) is 17.1. The molecule has 116 valence electrons. The van der Waals surface area contributed by atoms with Crippen LogP contribution in [0.4, 0.5) is 0 Å². The molecule has 0 aromatic rings. The van der Waals surface area contributed by atoms with Crippen LogP contribution in [0.25, 0.3) is 0 Å². The zero-order valence-electron chi connectivity index (χ0n) is 13.0. The van der Waals surface area contributed by atoms with Crippen molar-refractivity contribution in [3.8, 4) is 0 Å². The van der Waals surface area contributed by atoms with Gasteiger partial charge in [-0.15, -0.1) is 0 Å². The van der Waals surface area contributed by atoms with Crippen LogP contribution < -0.4 is 0 Å². The molecule has 0 aromatic carbocycles. The van der Waals surface area contributed by atoms with Crippen molar-refractivity contribution >= 4 is 11.8 Å². The largest absolute Gasteiger partial charge is 0.481 e. The molecule has 0 radical (unpaired) electrons. The van der Waals surface area contributed by atoms with Gasteiger partial charge >= 0.3 is 5.97 Å². The molecule has 1 N–H and O–H groups in total. The predicted octanol–water partition coefficient (Wildman–Crippen LogP) is 1.66. The van der Waals surface area contributed by atoms with Crippen LogP contribution in [0.5, 0.6) is 0 Å². The molecule has 1 rings (SSSR count). The van der Waals surface area contributed by atoms with Gasteiger partial charge in [0, 0.05) is 31.9 Å². The third-order valence-corrected chi connectivity index (χ3v) is 4.81. The highest BCUT2D eigenvalue weighted by Crippen LogP contribution is 2.44.